The van der Waals surface area contributed by atoms with Crippen LogP contribution in [0.1, 0.15) is 44.5 Å². The molecule has 0 atom stereocenters. The van der Waals surface area contributed by atoms with E-state index in [-0.39, 0.29) is 0 Å². The number of rotatable bonds is 6. The van der Waals surface area contributed by atoms with Gasteiger partial charge in [-0.1, -0.05) is 132 Å². The smallest absolute Gasteiger partial charge is 0.00987 e. The molecule has 0 spiro atoms. The van der Waals surface area contributed by atoms with Gasteiger partial charge in [0.05, 0.1) is 0 Å². The molecule has 0 nitrogen and oxygen atoms in total. The van der Waals surface area contributed by atoms with Crippen LogP contribution in [-0.4, -0.2) is 0 Å². The summed E-state index contributed by atoms with van der Waals surface area (Å²) >= 11 is 0. The van der Waals surface area contributed by atoms with Crippen LogP contribution in [0.4, 0.5) is 0 Å². The van der Waals surface area contributed by atoms with E-state index in [0.717, 1.165) is 44.5 Å². The minimum Gasteiger partial charge on any atom is -0.0905 e. The van der Waals surface area contributed by atoms with Gasteiger partial charge in [0.25, 0.3) is 0 Å². The Bertz CT molecular complexity index is 1480. The maximum Gasteiger partial charge on any atom is -0.00987 e. The quantitative estimate of drug-likeness (QED) is 0.222. The molecule has 5 rings (SSSR count). The molecular weight excluding hydrogens is 456 g/mol. The zero-order valence-corrected chi connectivity index (χ0v) is 22.8. The Hall–Kier alpha value is -4.42. The highest BCUT2D eigenvalue weighted by Crippen LogP contribution is 2.41. The Morgan fingerprint density at radius 3 is 0.947 bits per heavy atom. The second-order valence-electron chi connectivity index (χ2n) is 10.4. The van der Waals surface area contributed by atoms with E-state index in [2.05, 4.69) is 150 Å². The van der Waals surface area contributed by atoms with Crippen LogP contribution in [0.5, 0.6) is 0 Å². The second-order valence-corrected chi connectivity index (χ2v) is 10.4. The molecule has 0 heteroatoms. The Morgan fingerprint density at radius 2 is 0.658 bits per heavy atom. The molecule has 0 heterocycles. The zero-order chi connectivity index (χ0) is 26.8. The van der Waals surface area contributed by atoms with Crippen LogP contribution in [0.3, 0.4) is 0 Å². The molecule has 0 fully saturated rings. The number of aryl methyl sites for hydroxylation is 4. The van der Waals surface area contributed by atoms with Gasteiger partial charge < -0.3 is 0 Å². The molecule has 0 saturated heterocycles. The Labute approximate surface area is 227 Å². The molecule has 0 saturated carbocycles. The monoisotopic (exact) mass is 490 g/mol. The molecule has 38 heavy (non-hydrogen) atoms. The normalized spacial score (nSPS) is 10.8. The van der Waals surface area contributed by atoms with Crippen LogP contribution in [0, 0.1) is 27.7 Å². The predicted octanol–water partition coefficient (Wildman–Crippen LogP) is 10.4. The van der Waals surface area contributed by atoms with Gasteiger partial charge in [-0.2, -0.15) is 0 Å². The standard InChI is InChI=1S/C38H34/c1-25-7-15-31(16-8-25)29(5)35-23-38(34-21-13-28(4)14-22-34)36(30(6)32-17-9-26(2)10-18-32)24-37(35)33-19-11-27(3)12-20-33/h7-24H,5-6H2,1-4H3. The van der Waals surface area contributed by atoms with Crippen molar-refractivity contribution in [3.63, 3.8) is 0 Å². The molecule has 0 bridgehead atoms. The molecule has 0 amide bonds. The minimum atomic E-state index is 1.02. The summed E-state index contributed by atoms with van der Waals surface area (Å²) in [5.41, 5.74) is 16.2. The van der Waals surface area contributed by atoms with E-state index in [1.54, 1.807) is 0 Å². The van der Waals surface area contributed by atoms with Crippen molar-refractivity contribution in [2.24, 2.45) is 0 Å². The van der Waals surface area contributed by atoms with Crippen LogP contribution >= 0.6 is 0 Å². The predicted molar refractivity (Wildman–Crippen MR) is 165 cm³/mol. The van der Waals surface area contributed by atoms with E-state index in [1.165, 1.54) is 33.4 Å². The first-order valence-electron chi connectivity index (χ1n) is 13.1. The summed E-state index contributed by atoms with van der Waals surface area (Å²) in [5, 5.41) is 0. The largest absolute Gasteiger partial charge is 0.0905 e. The van der Waals surface area contributed by atoms with Crippen molar-refractivity contribution in [1.29, 1.82) is 0 Å². The Kier molecular flexibility index (Phi) is 6.99. The number of hydrogen-bond donors (Lipinski definition) is 0. The number of hydrogen-bond acceptors (Lipinski definition) is 0. The summed E-state index contributed by atoms with van der Waals surface area (Å²) < 4.78 is 0. The van der Waals surface area contributed by atoms with Crippen LogP contribution in [0.15, 0.2) is 122 Å². The average molecular weight is 491 g/mol. The molecule has 5 aromatic rings. The van der Waals surface area contributed by atoms with Crippen molar-refractivity contribution in [3.05, 3.63) is 167 Å². The van der Waals surface area contributed by atoms with Gasteiger partial charge in [-0.15, -0.1) is 0 Å². The summed E-state index contributed by atoms with van der Waals surface area (Å²) in [6.45, 7) is 17.7. The molecule has 0 aliphatic rings. The molecular formula is C38H34. The van der Waals surface area contributed by atoms with Gasteiger partial charge in [-0.25, -0.2) is 0 Å². The summed E-state index contributed by atoms with van der Waals surface area (Å²) in [7, 11) is 0. The third-order valence-corrected chi connectivity index (χ3v) is 7.33. The van der Waals surface area contributed by atoms with E-state index >= 15 is 0 Å². The van der Waals surface area contributed by atoms with Crippen molar-refractivity contribution >= 4 is 11.1 Å². The van der Waals surface area contributed by atoms with Crippen molar-refractivity contribution in [3.8, 4) is 22.3 Å². The van der Waals surface area contributed by atoms with Crippen LogP contribution in [-0.2, 0) is 0 Å². The maximum atomic E-state index is 4.60. The summed E-state index contributed by atoms with van der Waals surface area (Å²) in [5.74, 6) is 0. The Balaban J connectivity index is 1.79. The summed E-state index contributed by atoms with van der Waals surface area (Å²) in [6.07, 6.45) is 0. The minimum absolute atomic E-state index is 1.02. The SMILES string of the molecule is C=C(c1ccc(C)cc1)c1cc(-c2ccc(C)cc2)c(C(=C)c2ccc(C)cc2)cc1-c1ccc(C)cc1. The molecule has 0 unspecified atom stereocenters. The molecule has 0 radical (unpaired) electrons. The van der Waals surface area contributed by atoms with Crippen LogP contribution < -0.4 is 0 Å². The average Bonchev–Trinajstić information content (AvgIpc) is 2.93. The molecule has 186 valence electrons. The van der Waals surface area contributed by atoms with Gasteiger partial charge in [-0.05, 0) is 95.5 Å². The Morgan fingerprint density at radius 1 is 0.395 bits per heavy atom. The van der Waals surface area contributed by atoms with Gasteiger partial charge in [-0.3, -0.25) is 0 Å². The van der Waals surface area contributed by atoms with Crippen molar-refractivity contribution in [2.45, 2.75) is 27.7 Å². The van der Waals surface area contributed by atoms with Gasteiger partial charge in [0.2, 0.25) is 0 Å². The van der Waals surface area contributed by atoms with Crippen LogP contribution in [0.25, 0.3) is 33.4 Å². The van der Waals surface area contributed by atoms with Gasteiger partial charge in [0, 0.05) is 0 Å². The van der Waals surface area contributed by atoms with Crippen molar-refractivity contribution in [2.75, 3.05) is 0 Å². The number of benzene rings is 5. The van der Waals surface area contributed by atoms with E-state index in [1.807, 2.05) is 0 Å². The molecule has 0 N–H and O–H groups in total. The highest BCUT2D eigenvalue weighted by atomic mass is 14.2. The fourth-order valence-corrected chi connectivity index (χ4v) is 4.86. The third kappa shape index (κ3) is 5.17. The lowest BCUT2D eigenvalue weighted by atomic mass is 9.83. The zero-order valence-electron chi connectivity index (χ0n) is 22.8. The highest BCUT2D eigenvalue weighted by molar-refractivity contribution is 5.96. The lowest BCUT2D eigenvalue weighted by Gasteiger charge is -2.21. The van der Waals surface area contributed by atoms with Crippen molar-refractivity contribution in [1.82, 2.24) is 0 Å². The fourth-order valence-electron chi connectivity index (χ4n) is 4.86. The lowest BCUT2D eigenvalue weighted by molar-refractivity contribution is 1.42. The topological polar surface area (TPSA) is 0 Å². The van der Waals surface area contributed by atoms with E-state index in [9.17, 15) is 0 Å². The third-order valence-electron chi connectivity index (χ3n) is 7.33. The fraction of sp³-hybridized carbons (Fsp3) is 0.105. The van der Waals surface area contributed by atoms with Gasteiger partial charge in [0.1, 0.15) is 0 Å². The van der Waals surface area contributed by atoms with E-state index < -0.39 is 0 Å². The van der Waals surface area contributed by atoms with E-state index in [4.69, 9.17) is 0 Å². The maximum absolute atomic E-state index is 4.60. The molecule has 0 aromatic heterocycles. The highest BCUT2D eigenvalue weighted by Gasteiger charge is 2.18. The second kappa shape index (κ2) is 10.5. The summed E-state index contributed by atoms with van der Waals surface area (Å²) in [6, 6.07) is 39.5. The lowest BCUT2D eigenvalue weighted by Crippen LogP contribution is -1.98. The first kappa shape index (κ1) is 25.2. The van der Waals surface area contributed by atoms with Crippen LogP contribution in [0.2, 0.25) is 0 Å². The first-order valence-corrected chi connectivity index (χ1v) is 13.1. The first-order chi connectivity index (χ1) is 18.3. The summed E-state index contributed by atoms with van der Waals surface area (Å²) in [4.78, 5) is 0. The van der Waals surface area contributed by atoms with E-state index in [0.29, 0.717) is 0 Å². The van der Waals surface area contributed by atoms with Crippen molar-refractivity contribution < 1.29 is 0 Å². The molecule has 5 aromatic carbocycles. The van der Waals surface area contributed by atoms with Gasteiger partial charge in [0.15, 0.2) is 0 Å². The van der Waals surface area contributed by atoms with Gasteiger partial charge >= 0.3 is 0 Å². The molecule has 0 aliphatic carbocycles. The molecule has 0 aliphatic heterocycles.